The van der Waals surface area contributed by atoms with E-state index in [1.165, 1.54) is 24.3 Å². The molecule has 0 aliphatic carbocycles. The van der Waals surface area contributed by atoms with Gasteiger partial charge in [0, 0.05) is 23.7 Å². The Morgan fingerprint density at radius 3 is 2.64 bits per heavy atom. The molecule has 0 radical (unpaired) electrons. The van der Waals surface area contributed by atoms with Crippen LogP contribution in [0.2, 0.25) is 5.02 Å². The predicted molar refractivity (Wildman–Crippen MR) is 99.3 cm³/mol. The largest absolute Gasteiger partial charge is 0.352 e. The van der Waals surface area contributed by atoms with E-state index in [1.54, 1.807) is 12.1 Å². The molecule has 0 atom stereocenters. The normalized spacial score (nSPS) is 11.1. The summed E-state index contributed by atoms with van der Waals surface area (Å²) in [5, 5.41) is 3.42. The molecular weight excluding hydrogens is 360 g/mol. The Hall–Kier alpha value is -2.15. The van der Waals surface area contributed by atoms with Crippen molar-refractivity contribution >= 4 is 27.5 Å². The highest BCUT2D eigenvalue weighted by Gasteiger charge is 2.15. The molecule has 0 unspecified atom stereocenters. The fourth-order valence-electron chi connectivity index (χ4n) is 2.17. The lowest BCUT2D eigenvalue weighted by Gasteiger charge is -2.08. The second-order valence-electron chi connectivity index (χ2n) is 5.30. The molecule has 0 heterocycles. The first-order valence-electron chi connectivity index (χ1n) is 7.65. The minimum atomic E-state index is -3.66. The second-order valence-corrected chi connectivity index (χ2v) is 7.51. The number of amides is 1. The van der Waals surface area contributed by atoms with Crippen LogP contribution in [0.4, 0.5) is 0 Å². The Bertz CT molecular complexity index is 866. The summed E-state index contributed by atoms with van der Waals surface area (Å²) in [5.74, 6) is -0.331. The predicted octanol–water partition coefficient (Wildman–Crippen LogP) is 2.78. The molecule has 132 valence electrons. The lowest BCUT2D eigenvalue weighted by atomic mass is 10.1. The first-order chi connectivity index (χ1) is 11.9. The molecule has 0 aliphatic rings. The molecule has 0 saturated carbocycles. The summed E-state index contributed by atoms with van der Waals surface area (Å²) < 4.78 is 26.6. The average Bonchev–Trinajstić information content (AvgIpc) is 2.60. The number of nitrogens with one attached hydrogen (secondary N) is 2. The van der Waals surface area contributed by atoms with Crippen molar-refractivity contribution in [1.82, 2.24) is 10.0 Å². The van der Waals surface area contributed by atoms with E-state index >= 15 is 0 Å². The number of carbonyl (C=O) groups is 1. The Morgan fingerprint density at radius 1 is 1.16 bits per heavy atom. The van der Waals surface area contributed by atoms with Crippen LogP contribution in [-0.2, 0) is 16.4 Å². The molecule has 2 aromatic carbocycles. The summed E-state index contributed by atoms with van der Waals surface area (Å²) >= 11 is 5.92. The van der Waals surface area contributed by atoms with Crippen LogP contribution in [0.15, 0.2) is 66.1 Å². The minimum absolute atomic E-state index is 0.0387. The maximum Gasteiger partial charge on any atom is 0.251 e. The molecular formula is C18H19ClN2O3S. The van der Waals surface area contributed by atoms with Crippen LogP contribution in [0.3, 0.4) is 0 Å². The van der Waals surface area contributed by atoms with Crippen molar-refractivity contribution in [3.05, 3.63) is 77.3 Å². The van der Waals surface area contributed by atoms with Gasteiger partial charge in [0.25, 0.3) is 5.91 Å². The summed E-state index contributed by atoms with van der Waals surface area (Å²) in [5.41, 5.74) is 1.30. The lowest BCUT2D eigenvalue weighted by molar-refractivity contribution is 0.0954. The molecule has 2 rings (SSSR count). The van der Waals surface area contributed by atoms with Gasteiger partial charge in [-0.1, -0.05) is 35.9 Å². The van der Waals surface area contributed by atoms with E-state index in [4.69, 9.17) is 11.6 Å². The van der Waals surface area contributed by atoms with Crippen molar-refractivity contribution in [2.24, 2.45) is 0 Å². The highest BCUT2D eigenvalue weighted by Crippen LogP contribution is 2.12. The molecule has 0 aliphatic heterocycles. The topological polar surface area (TPSA) is 75.3 Å². The molecule has 25 heavy (non-hydrogen) atoms. The van der Waals surface area contributed by atoms with Crippen LogP contribution in [-0.4, -0.2) is 27.4 Å². The van der Waals surface area contributed by atoms with Crippen molar-refractivity contribution in [2.75, 3.05) is 13.1 Å². The first kappa shape index (κ1) is 19.2. The molecule has 5 nitrogen and oxygen atoms in total. The van der Waals surface area contributed by atoms with Gasteiger partial charge in [-0.2, -0.15) is 0 Å². The van der Waals surface area contributed by atoms with Gasteiger partial charge in [0.05, 0.1) is 4.90 Å². The Balaban J connectivity index is 2.00. The van der Waals surface area contributed by atoms with Gasteiger partial charge in [0.2, 0.25) is 10.0 Å². The smallest absolute Gasteiger partial charge is 0.251 e. The number of rotatable bonds is 8. The summed E-state index contributed by atoms with van der Waals surface area (Å²) in [6, 6.07) is 13.3. The zero-order valence-electron chi connectivity index (χ0n) is 13.5. The van der Waals surface area contributed by atoms with E-state index in [-0.39, 0.29) is 22.9 Å². The van der Waals surface area contributed by atoms with Crippen molar-refractivity contribution in [2.45, 2.75) is 11.3 Å². The third-order valence-electron chi connectivity index (χ3n) is 3.41. The molecule has 0 bridgehead atoms. The summed E-state index contributed by atoms with van der Waals surface area (Å²) in [6.45, 7) is 4.01. The fraction of sp³-hybridized carbons (Fsp3) is 0.167. The standard InChI is InChI=1S/C18H19ClN2O3S/c1-2-10-21-25(23,24)17-8-4-6-15(13-17)18(22)20-11-9-14-5-3-7-16(19)12-14/h2-8,12-13,21H,1,9-11H2,(H,20,22). The minimum Gasteiger partial charge on any atom is -0.352 e. The Morgan fingerprint density at radius 2 is 1.92 bits per heavy atom. The molecule has 2 N–H and O–H groups in total. The van der Waals surface area contributed by atoms with Gasteiger partial charge in [-0.25, -0.2) is 13.1 Å². The van der Waals surface area contributed by atoms with Gasteiger partial charge in [-0.05, 0) is 42.3 Å². The number of halogens is 1. The molecule has 2 aromatic rings. The van der Waals surface area contributed by atoms with Gasteiger partial charge in [0.15, 0.2) is 0 Å². The van der Waals surface area contributed by atoms with E-state index in [9.17, 15) is 13.2 Å². The SMILES string of the molecule is C=CCNS(=O)(=O)c1cccc(C(=O)NCCc2cccc(Cl)c2)c1. The molecule has 0 saturated heterocycles. The number of carbonyl (C=O) groups excluding carboxylic acids is 1. The second kappa shape index (κ2) is 8.80. The summed E-state index contributed by atoms with van der Waals surface area (Å²) in [4.78, 5) is 12.3. The maximum atomic E-state index is 12.2. The molecule has 0 spiro atoms. The van der Waals surface area contributed by atoms with Crippen LogP contribution < -0.4 is 10.0 Å². The van der Waals surface area contributed by atoms with Gasteiger partial charge in [0.1, 0.15) is 0 Å². The van der Waals surface area contributed by atoms with Crippen molar-refractivity contribution in [1.29, 1.82) is 0 Å². The first-order valence-corrected chi connectivity index (χ1v) is 9.52. The van der Waals surface area contributed by atoms with Crippen LogP contribution in [0.5, 0.6) is 0 Å². The van der Waals surface area contributed by atoms with Crippen LogP contribution in [0, 0.1) is 0 Å². The van der Waals surface area contributed by atoms with E-state index in [0.29, 0.717) is 18.0 Å². The third kappa shape index (κ3) is 5.70. The van der Waals surface area contributed by atoms with E-state index in [2.05, 4.69) is 16.6 Å². The zero-order chi connectivity index (χ0) is 18.3. The fourth-order valence-corrected chi connectivity index (χ4v) is 3.43. The van der Waals surface area contributed by atoms with Crippen LogP contribution in [0.1, 0.15) is 15.9 Å². The van der Waals surface area contributed by atoms with E-state index in [0.717, 1.165) is 5.56 Å². The Labute approximate surface area is 152 Å². The highest BCUT2D eigenvalue weighted by molar-refractivity contribution is 7.89. The molecule has 1 amide bonds. The van der Waals surface area contributed by atoms with E-state index in [1.807, 2.05) is 18.2 Å². The number of hydrogen-bond acceptors (Lipinski definition) is 3. The van der Waals surface area contributed by atoms with Gasteiger partial charge < -0.3 is 5.32 Å². The number of benzene rings is 2. The quantitative estimate of drug-likeness (QED) is 0.693. The molecule has 7 heteroatoms. The van der Waals surface area contributed by atoms with Gasteiger partial charge in [-0.3, -0.25) is 4.79 Å². The van der Waals surface area contributed by atoms with Crippen molar-refractivity contribution < 1.29 is 13.2 Å². The zero-order valence-corrected chi connectivity index (χ0v) is 15.1. The monoisotopic (exact) mass is 378 g/mol. The van der Waals surface area contributed by atoms with Crippen molar-refractivity contribution in [3.8, 4) is 0 Å². The van der Waals surface area contributed by atoms with E-state index < -0.39 is 10.0 Å². The van der Waals surface area contributed by atoms with Crippen LogP contribution in [0.25, 0.3) is 0 Å². The Kier molecular flexibility index (Phi) is 6.75. The molecule has 0 fully saturated rings. The van der Waals surface area contributed by atoms with Crippen LogP contribution >= 0.6 is 11.6 Å². The van der Waals surface area contributed by atoms with Gasteiger partial charge in [-0.15, -0.1) is 6.58 Å². The molecule has 0 aromatic heterocycles. The van der Waals surface area contributed by atoms with Gasteiger partial charge >= 0.3 is 0 Å². The number of sulfonamides is 1. The average molecular weight is 379 g/mol. The third-order valence-corrected chi connectivity index (χ3v) is 5.07. The van der Waals surface area contributed by atoms with Crippen molar-refractivity contribution in [3.63, 3.8) is 0 Å². The maximum absolute atomic E-state index is 12.2. The summed E-state index contributed by atoms with van der Waals surface area (Å²) in [7, 11) is -3.66. The summed E-state index contributed by atoms with van der Waals surface area (Å²) in [6.07, 6.45) is 2.08. The highest BCUT2D eigenvalue weighted by atomic mass is 35.5. The lowest BCUT2D eigenvalue weighted by Crippen LogP contribution is -2.27. The number of hydrogen-bond donors (Lipinski definition) is 2.